The number of aromatic nitrogens is 3. The van der Waals surface area contributed by atoms with Crippen LogP contribution in [0.3, 0.4) is 0 Å². The molecule has 0 aliphatic heterocycles. The second kappa shape index (κ2) is 7.03. The van der Waals surface area contributed by atoms with Gasteiger partial charge in [0.1, 0.15) is 0 Å². The predicted octanol–water partition coefficient (Wildman–Crippen LogP) is 1.84. The topological polar surface area (TPSA) is 90.4 Å². The van der Waals surface area contributed by atoms with E-state index in [1.807, 2.05) is 29.8 Å². The molecule has 0 spiro atoms. The first-order chi connectivity index (χ1) is 10.1. The van der Waals surface area contributed by atoms with Crippen LogP contribution in [0, 0.1) is 5.92 Å². The molecule has 2 aromatic rings. The van der Waals surface area contributed by atoms with E-state index in [9.17, 15) is 4.79 Å². The summed E-state index contributed by atoms with van der Waals surface area (Å²) in [5.74, 6) is -0.639. The van der Waals surface area contributed by atoms with Crippen molar-refractivity contribution < 1.29 is 19.2 Å². The highest BCUT2D eigenvalue weighted by Crippen LogP contribution is 2.18. The zero-order chi connectivity index (χ0) is 15.2. The van der Waals surface area contributed by atoms with Gasteiger partial charge in [-0.3, -0.25) is 4.79 Å². The number of hydrogen-bond donors (Lipinski definition) is 1. The number of nitrogens with zero attached hydrogens (tertiary/aromatic N) is 3. The summed E-state index contributed by atoms with van der Waals surface area (Å²) >= 11 is 0. The second-order valence-corrected chi connectivity index (χ2v) is 4.74. The molecule has 0 saturated heterocycles. The Kier molecular flexibility index (Phi) is 5.10. The summed E-state index contributed by atoms with van der Waals surface area (Å²) in [5, 5.41) is 12.8. The summed E-state index contributed by atoms with van der Waals surface area (Å²) in [6, 6.07) is 3.79. The van der Waals surface area contributed by atoms with E-state index < -0.39 is 11.9 Å². The monoisotopic (exact) mass is 293 g/mol. The van der Waals surface area contributed by atoms with Crippen molar-refractivity contribution in [1.29, 1.82) is 0 Å². The zero-order valence-corrected chi connectivity index (χ0v) is 12.2. The van der Waals surface area contributed by atoms with Crippen molar-refractivity contribution in [2.45, 2.75) is 26.8 Å². The molecule has 2 aromatic heterocycles. The van der Waals surface area contributed by atoms with Crippen molar-refractivity contribution in [3.8, 4) is 11.5 Å². The van der Waals surface area contributed by atoms with E-state index in [0.717, 1.165) is 5.69 Å². The zero-order valence-electron chi connectivity index (χ0n) is 12.2. The van der Waals surface area contributed by atoms with Crippen molar-refractivity contribution in [2.24, 2.45) is 5.92 Å². The van der Waals surface area contributed by atoms with E-state index in [4.69, 9.17) is 14.4 Å². The molecule has 7 nitrogen and oxygen atoms in total. The fourth-order valence-corrected chi connectivity index (χ4v) is 1.91. The molecule has 114 valence electrons. The van der Waals surface area contributed by atoms with Crippen molar-refractivity contribution in [3.05, 3.63) is 24.2 Å². The van der Waals surface area contributed by atoms with Gasteiger partial charge in [-0.25, -0.2) is 0 Å². The number of carboxylic acid groups (broad SMARTS) is 1. The summed E-state index contributed by atoms with van der Waals surface area (Å²) in [5.41, 5.74) is 0.827. The van der Waals surface area contributed by atoms with Gasteiger partial charge in [0.2, 0.25) is 11.7 Å². The van der Waals surface area contributed by atoms with Gasteiger partial charge >= 0.3 is 5.97 Å². The van der Waals surface area contributed by atoms with Crippen LogP contribution in [0.5, 0.6) is 0 Å². The maximum atomic E-state index is 10.8. The third-order valence-electron chi connectivity index (χ3n) is 3.11. The Morgan fingerprint density at radius 2 is 2.38 bits per heavy atom. The molecule has 2 heterocycles. The van der Waals surface area contributed by atoms with Gasteiger partial charge in [-0.15, -0.1) is 0 Å². The lowest BCUT2D eigenvalue weighted by Crippen LogP contribution is -2.12. The second-order valence-electron chi connectivity index (χ2n) is 4.74. The molecule has 21 heavy (non-hydrogen) atoms. The molecule has 2 rings (SSSR count). The van der Waals surface area contributed by atoms with Crippen LogP contribution in [0.1, 0.15) is 19.7 Å². The maximum absolute atomic E-state index is 10.8. The van der Waals surface area contributed by atoms with Crippen LogP contribution in [0.4, 0.5) is 0 Å². The molecule has 0 radical (unpaired) electrons. The Bertz CT molecular complexity index is 591. The van der Waals surface area contributed by atoms with E-state index >= 15 is 0 Å². The third kappa shape index (κ3) is 3.91. The minimum atomic E-state index is -0.880. The van der Waals surface area contributed by atoms with E-state index in [2.05, 4.69) is 10.1 Å². The molecule has 0 aliphatic carbocycles. The predicted molar refractivity (Wildman–Crippen MR) is 74.7 cm³/mol. The Balaban J connectivity index is 2.07. The molecule has 0 aliphatic rings. The molecule has 0 amide bonds. The van der Waals surface area contributed by atoms with Crippen LogP contribution < -0.4 is 0 Å². The van der Waals surface area contributed by atoms with Crippen LogP contribution in [0.15, 0.2) is 22.9 Å². The van der Waals surface area contributed by atoms with Crippen molar-refractivity contribution >= 4 is 5.97 Å². The standard InChI is InChI=1S/C14H19N3O4/c1-3-20-8-7-17-6-4-5-11(17)13-15-12(21-16-13)9-10(2)14(18)19/h4-6,10H,3,7-9H2,1-2H3,(H,18,19). The molecule has 7 heteroatoms. The normalized spacial score (nSPS) is 12.5. The Morgan fingerprint density at radius 1 is 1.57 bits per heavy atom. The molecule has 0 aromatic carbocycles. The lowest BCUT2D eigenvalue weighted by atomic mass is 10.1. The Morgan fingerprint density at radius 3 is 3.10 bits per heavy atom. The highest BCUT2D eigenvalue weighted by atomic mass is 16.5. The van der Waals surface area contributed by atoms with Gasteiger partial charge in [-0.05, 0) is 19.1 Å². The molecule has 0 saturated carbocycles. The number of carboxylic acids is 1. The van der Waals surface area contributed by atoms with Gasteiger partial charge in [-0.1, -0.05) is 12.1 Å². The lowest BCUT2D eigenvalue weighted by molar-refractivity contribution is -0.141. The summed E-state index contributed by atoms with van der Waals surface area (Å²) in [6.07, 6.45) is 2.15. The van der Waals surface area contributed by atoms with Crippen LogP contribution in [-0.4, -0.2) is 39.0 Å². The smallest absolute Gasteiger partial charge is 0.306 e. The molecule has 1 unspecified atom stereocenters. The van der Waals surface area contributed by atoms with Gasteiger partial charge in [0.25, 0.3) is 0 Å². The molecule has 0 fully saturated rings. The highest BCUT2D eigenvalue weighted by Gasteiger charge is 2.18. The summed E-state index contributed by atoms with van der Waals surface area (Å²) in [7, 11) is 0. The number of hydrogen-bond acceptors (Lipinski definition) is 5. The van der Waals surface area contributed by atoms with E-state index in [1.54, 1.807) is 6.92 Å². The first kappa shape index (κ1) is 15.2. The Labute approximate surface area is 122 Å². The largest absolute Gasteiger partial charge is 0.481 e. The maximum Gasteiger partial charge on any atom is 0.306 e. The van der Waals surface area contributed by atoms with Gasteiger partial charge in [0.05, 0.1) is 18.2 Å². The first-order valence-electron chi connectivity index (χ1n) is 6.90. The summed E-state index contributed by atoms with van der Waals surface area (Å²) < 4.78 is 12.4. The molecule has 0 bridgehead atoms. The average molecular weight is 293 g/mol. The minimum absolute atomic E-state index is 0.224. The quantitative estimate of drug-likeness (QED) is 0.747. The summed E-state index contributed by atoms with van der Waals surface area (Å²) in [4.78, 5) is 15.1. The van der Waals surface area contributed by atoms with Crippen LogP contribution in [-0.2, 0) is 22.5 Å². The highest BCUT2D eigenvalue weighted by molar-refractivity contribution is 5.69. The van der Waals surface area contributed by atoms with E-state index in [1.165, 1.54) is 0 Å². The van der Waals surface area contributed by atoms with E-state index in [0.29, 0.717) is 31.5 Å². The third-order valence-corrected chi connectivity index (χ3v) is 3.11. The number of carbonyl (C=O) groups is 1. The number of ether oxygens (including phenoxy) is 1. The van der Waals surface area contributed by atoms with Crippen LogP contribution >= 0.6 is 0 Å². The molecule has 1 N–H and O–H groups in total. The molecular weight excluding hydrogens is 274 g/mol. The van der Waals surface area contributed by atoms with Crippen molar-refractivity contribution in [1.82, 2.24) is 14.7 Å². The van der Waals surface area contributed by atoms with Gasteiger partial charge < -0.3 is 18.9 Å². The van der Waals surface area contributed by atoms with E-state index in [-0.39, 0.29) is 6.42 Å². The molecular formula is C14H19N3O4. The van der Waals surface area contributed by atoms with Gasteiger partial charge in [0.15, 0.2) is 0 Å². The average Bonchev–Trinajstić information content (AvgIpc) is 3.07. The fourth-order valence-electron chi connectivity index (χ4n) is 1.91. The lowest BCUT2D eigenvalue weighted by Gasteiger charge is -2.06. The number of aliphatic carboxylic acids is 1. The summed E-state index contributed by atoms with van der Waals surface area (Å²) in [6.45, 7) is 5.54. The van der Waals surface area contributed by atoms with Crippen molar-refractivity contribution in [2.75, 3.05) is 13.2 Å². The Hall–Kier alpha value is -2.15. The van der Waals surface area contributed by atoms with Crippen LogP contribution in [0.25, 0.3) is 11.5 Å². The first-order valence-corrected chi connectivity index (χ1v) is 6.90. The van der Waals surface area contributed by atoms with Crippen LogP contribution in [0.2, 0.25) is 0 Å². The SMILES string of the molecule is CCOCCn1cccc1-c1noc(CC(C)C(=O)O)n1. The van der Waals surface area contributed by atoms with Crippen molar-refractivity contribution in [3.63, 3.8) is 0 Å². The van der Waals surface area contributed by atoms with Gasteiger partial charge in [-0.2, -0.15) is 4.98 Å². The fraction of sp³-hybridized carbons (Fsp3) is 0.500. The minimum Gasteiger partial charge on any atom is -0.481 e. The van der Waals surface area contributed by atoms with Gasteiger partial charge in [0, 0.05) is 25.8 Å². The number of rotatable bonds is 8. The molecule has 1 atom stereocenters.